The first-order valence-corrected chi connectivity index (χ1v) is 13.9. The molecule has 0 aromatic carbocycles. The molecule has 0 heterocycles. The van der Waals surface area contributed by atoms with Crippen molar-refractivity contribution in [2.75, 3.05) is 14.2 Å². The maximum Gasteiger partial charge on any atom is 0.269 e. The Labute approximate surface area is 178 Å². The van der Waals surface area contributed by atoms with Crippen molar-refractivity contribution in [3.63, 3.8) is 0 Å². The van der Waals surface area contributed by atoms with Gasteiger partial charge >= 0.3 is 0 Å². The summed E-state index contributed by atoms with van der Waals surface area (Å²) in [5.41, 5.74) is -1.64. The molecule has 5 atom stereocenters. The molecule has 0 bridgehead atoms. The molecule has 0 aromatic heterocycles. The predicted molar refractivity (Wildman–Crippen MR) is 119 cm³/mol. The molecule has 29 heavy (non-hydrogen) atoms. The Balaban J connectivity index is 2.21. The van der Waals surface area contributed by atoms with Crippen LogP contribution in [0.4, 0.5) is 4.39 Å². The highest BCUT2D eigenvalue weighted by Gasteiger charge is 2.57. The number of allylic oxidation sites excluding steroid dienone is 1. The highest BCUT2D eigenvalue weighted by Crippen LogP contribution is 2.60. The maximum absolute atomic E-state index is 15.9. The number of alkyl halides is 1. The minimum Gasteiger partial charge on any atom is -0.414 e. The van der Waals surface area contributed by atoms with Crippen LogP contribution in [0.2, 0.25) is 18.1 Å². The quantitative estimate of drug-likeness (QED) is 0.301. The number of nitrogens with zero attached hydrogens (tertiary/aromatic N) is 1. The summed E-state index contributed by atoms with van der Waals surface area (Å²) in [5.74, 6) is -0.0715. The summed E-state index contributed by atoms with van der Waals surface area (Å²) in [6, 6.07) is 0. The summed E-state index contributed by atoms with van der Waals surface area (Å²) < 4.78 is 22.7. The lowest BCUT2D eigenvalue weighted by atomic mass is 9.61. The fraction of sp³-hybridized carbons (Fsp3) is 0.870. The maximum atomic E-state index is 15.9. The molecular formula is C23H42FNO3Si. The Morgan fingerprint density at radius 3 is 2.38 bits per heavy atom. The predicted octanol–water partition coefficient (Wildman–Crippen LogP) is 5.90. The van der Waals surface area contributed by atoms with Crippen molar-refractivity contribution < 1.29 is 18.4 Å². The molecule has 0 saturated heterocycles. The Hall–Kier alpha value is -0.723. The summed E-state index contributed by atoms with van der Waals surface area (Å²) in [6.45, 7) is 15.3. The van der Waals surface area contributed by atoms with Crippen LogP contribution >= 0.6 is 0 Å². The lowest BCUT2D eigenvalue weighted by Crippen LogP contribution is -2.51. The van der Waals surface area contributed by atoms with E-state index >= 15 is 4.39 Å². The zero-order valence-corrected chi connectivity index (χ0v) is 21.0. The summed E-state index contributed by atoms with van der Waals surface area (Å²) in [5, 5.41) is 1.28. The van der Waals surface area contributed by atoms with E-state index in [9.17, 15) is 4.79 Å². The molecule has 6 heteroatoms. The topological polar surface area (TPSA) is 38.8 Å². The van der Waals surface area contributed by atoms with Gasteiger partial charge in [0, 0.05) is 25.1 Å². The van der Waals surface area contributed by atoms with Crippen molar-refractivity contribution in [2.45, 2.75) is 96.6 Å². The summed E-state index contributed by atoms with van der Waals surface area (Å²) >= 11 is 0. The van der Waals surface area contributed by atoms with Crippen LogP contribution in [0.1, 0.15) is 66.7 Å². The van der Waals surface area contributed by atoms with E-state index in [4.69, 9.17) is 9.26 Å². The molecule has 2 fully saturated rings. The van der Waals surface area contributed by atoms with Crippen molar-refractivity contribution in [1.29, 1.82) is 0 Å². The second-order valence-electron chi connectivity index (χ2n) is 11.1. The monoisotopic (exact) mass is 427 g/mol. The Morgan fingerprint density at radius 1 is 1.21 bits per heavy atom. The molecule has 2 rings (SSSR count). The van der Waals surface area contributed by atoms with Crippen molar-refractivity contribution in [2.24, 2.45) is 17.3 Å². The first-order chi connectivity index (χ1) is 13.2. The molecular weight excluding hydrogens is 385 g/mol. The fourth-order valence-corrected chi connectivity index (χ4v) is 6.68. The van der Waals surface area contributed by atoms with Gasteiger partial charge in [-0.25, -0.2) is 9.45 Å². The average Bonchev–Trinajstić information content (AvgIpc) is 2.96. The number of fused-ring (bicyclic) bond motifs is 1. The van der Waals surface area contributed by atoms with Crippen molar-refractivity contribution in [3.05, 3.63) is 12.2 Å². The van der Waals surface area contributed by atoms with E-state index in [-0.39, 0.29) is 28.4 Å². The van der Waals surface area contributed by atoms with E-state index in [0.717, 1.165) is 37.2 Å². The number of hydroxylamine groups is 2. The lowest BCUT2D eigenvalue weighted by Gasteiger charge is -2.50. The standard InChI is InChI=1S/C23H42FNO3Si/c1-21(2,3)29(8,9)28-18-11-10-15-22(4)17(18)12-13-19(22)23(5,24)16-14-20(26)25(6)27-7/h14,16-19H,10-13,15H2,1-9H3. The largest absolute Gasteiger partial charge is 0.414 e. The highest BCUT2D eigenvalue weighted by atomic mass is 28.4. The van der Waals surface area contributed by atoms with Crippen LogP contribution in [0.3, 0.4) is 0 Å². The zero-order valence-electron chi connectivity index (χ0n) is 20.0. The smallest absolute Gasteiger partial charge is 0.269 e. The third-order valence-corrected chi connectivity index (χ3v) is 12.6. The van der Waals surface area contributed by atoms with Gasteiger partial charge in [0.2, 0.25) is 0 Å². The normalized spacial score (nSPS) is 32.8. The van der Waals surface area contributed by atoms with Gasteiger partial charge < -0.3 is 4.43 Å². The number of halogens is 1. The Bertz CT molecular complexity index is 628. The SMILES string of the molecule is CON(C)C(=O)C=CC(C)(F)C1CCC2C(O[Si](C)(C)C(C)(C)C)CCCC21C. The molecule has 0 N–H and O–H groups in total. The number of likely N-dealkylation sites (N-methyl/N-ethyl adjacent to an activating group) is 1. The molecule has 5 unspecified atom stereocenters. The van der Waals surface area contributed by atoms with Crippen LogP contribution in [-0.4, -0.2) is 45.2 Å². The molecule has 2 aliphatic carbocycles. The number of carbonyl (C=O) groups excluding carboxylic acids is 1. The van der Waals surface area contributed by atoms with Gasteiger partial charge in [-0.1, -0.05) is 34.1 Å². The Morgan fingerprint density at radius 2 is 1.83 bits per heavy atom. The van der Waals surface area contributed by atoms with Crippen LogP contribution < -0.4 is 0 Å². The van der Waals surface area contributed by atoms with Crippen molar-refractivity contribution >= 4 is 14.2 Å². The van der Waals surface area contributed by atoms with Crippen LogP contribution in [0.5, 0.6) is 0 Å². The van der Waals surface area contributed by atoms with Gasteiger partial charge in [-0.3, -0.25) is 9.63 Å². The van der Waals surface area contributed by atoms with Gasteiger partial charge in [-0.15, -0.1) is 0 Å². The fourth-order valence-electron chi connectivity index (χ4n) is 5.29. The van der Waals surface area contributed by atoms with Crippen molar-refractivity contribution in [1.82, 2.24) is 5.06 Å². The summed E-state index contributed by atoms with van der Waals surface area (Å²) in [7, 11) is 1.08. The second-order valence-corrected chi connectivity index (χ2v) is 15.8. The minimum absolute atomic E-state index is 0.102. The molecule has 1 amide bonds. The van der Waals surface area contributed by atoms with Crippen molar-refractivity contribution in [3.8, 4) is 0 Å². The van der Waals surface area contributed by atoms with E-state index in [0.29, 0.717) is 5.92 Å². The number of carbonyl (C=O) groups is 1. The third-order valence-electron chi connectivity index (χ3n) is 8.13. The lowest BCUT2D eigenvalue weighted by molar-refractivity contribution is -0.162. The minimum atomic E-state index is -1.87. The zero-order chi connectivity index (χ0) is 22.3. The molecule has 0 spiro atoms. The number of rotatable bonds is 6. The van der Waals surface area contributed by atoms with E-state index in [1.54, 1.807) is 6.92 Å². The van der Waals surface area contributed by atoms with Gasteiger partial charge in [-0.2, -0.15) is 0 Å². The molecule has 0 radical (unpaired) electrons. The molecule has 4 nitrogen and oxygen atoms in total. The molecule has 168 valence electrons. The van der Waals surface area contributed by atoms with Crippen LogP contribution in [0, 0.1) is 17.3 Å². The first kappa shape index (κ1) is 24.5. The number of amides is 1. The van der Waals surface area contributed by atoms with Gasteiger partial charge in [0.05, 0.1) is 7.11 Å². The summed E-state index contributed by atoms with van der Waals surface area (Å²) in [4.78, 5) is 16.9. The Kier molecular flexibility index (Phi) is 7.13. The second kappa shape index (κ2) is 8.43. The summed E-state index contributed by atoms with van der Waals surface area (Å²) in [6.07, 6.45) is 8.00. The molecule has 0 aliphatic heterocycles. The number of hydrogen-bond acceptors (Lipinski definition) is 3. The van der Waals surface area contributed by atoms with Gasteiger partial charge in [-0.05, 0) is 68.1 Å². The van der Waals surface area contributed by atoms with E-state index in [1.807, 2.05) is 0 Å². The van der Waals surface area contributed by atoms with Crippen LogP contribution in [0.15, 0.2) is 12.2 Å². The first-order valence-electron chi connectivity index (χ1n) is 11.0. The van der Waals surface area contributed by atoms with Gasteiger partial charge in [0.1, 0.15) is 5.67 Å². The molecule has 2 saturated carbocycles. The van der Waals surface area contributed by atoms with E-state index in [2.05, 4.69) is 40.8 Å². The molecule has 2 aliphatic rings. The molecule has 0 aromatic rings. The highest BCUT2D eigenvalue weighted by molar-refractivity contribution is 6.74. The van der Waals surface area contributed by atoms with Crippen LogP contribution in [-0.2, 0) is 14.1 Å². The van der Waals surface area contributed by atoms with Crippen LogP contribution in [0.25, 0.3) is 0 Å². The van der Waals surface area contributed by atoms with E-state index < -0.39 is 14.0 Å². The number of hydrogen-bond donors (Lipinski definition) is 0. The van der Waals surface area contributed by atoms with E-state index in [1.165, 1.54) is 26.3 Å². The third kappa shape index (κ3) is 4.96. The van der Waals surface area contributed by atoms with Gasteiger partial charge in [0.15, 0.2) is 8.32 Å². The van der Waals surface area contributed by atoms with Gasteiger partial charge in [0.25, 0.3) is 5.91 Å². The average molecular weight is 428 g/mol.